The Bertz CT molecular complexity index is 794. The number of benzene rings is 2. The Kier molecular flexibility index (Phi) is 5.94. The number of hydrogen-bond acceptors (Lipinski definition) is 2. The molecule has 1 fully saturated rings. The molecule has 4 heteroatoms. The molecular weight excluding hydrogens is 336 g/mol. The summed E-state index contributed by atoms with van der Waals surface area (Å²) in [4.78, 5) is 27.5. The maximum absolute atomic E-state index is 12.9. The molecule has 2 atom stereocenters. The molecule has 142 valence electrons. The molecule has 3 rings (SSSR count). The summed E-state index contributed by atoms with van der Waals surface area (Å²) in [6.45, 7) is 6.75. The highest BCUT2D eigenvalue weighted by Gasteiger charge is 2.49. The van der Waals surface area contributed by atoms with Gasteiger partial charge < -0.3 is 10.2 Å². The van der Waals surface area contributed by atoms with E-state index in [9.17, 15) is 9.59 Å². The number of nitrogens with zero attached hydrogens (tertiary/aromatic N) is 1. The molecule has 2 amide bonds. The molecule has 2 unspecified atom stereocenters. The maximum Gasteiger partial charge on any atom is 0.230 e. The number of amides is 2. The second kappa shape index (κ2) is 8.38. The summed E-state index contributed by atoms with van der Waals surface area (Å²) in [6.07, 6.45) is 2.37. The molecule has 1 saturated carbocycles. The number of para-hydroxylation sites is 2. The van der Waals surface area contributed by atoms with Gasteiger partial charge in [-0.2, -0.15) is 0 Å². The maximum atomic E-state index is 12.9. The molecule has 1 N–H and O–H groups in total. The van der Waals surface area contributed by atoms with Gasteiger partial charge in [0.15, 0.2) is 0 Å². The fraction of sp³-hybridized carbons (Fsp3) is 0.391. The van der Waals surface area contributed by atoms with E-state index in [1.54, 1.807) is 4.90 Å². The Balaban J connectivity index is 1.70. The second-order valence-corrected chi connectivity index (χ2v) is 7.01. The number of carbonyl (C=O) groups is 2. The lowest BCUT2D eigenvalue weighted by Gasteiger charge is -2.21. The van der Waals surface area contributed by atoms with Crippen LogP contribution in [-0.4, -0.2) is 18.4 Å². The van der Waals surface area contributed by atoms with Gasteiger partial charge in [-0.15, -0.1) is 0 Å². The lowest BCUT2D eigenvalue weighted by molar-refractivity contribution is -0.123. The Morgan fingerprint density at radius 2 is 1.56 bits per heavy atom. The van der Waals surface area contributed by atoms with Gasteiger partial charge in [0.1, 0.15) is 0 Å². The summed E-state index contributed by atoms with van der Waals surface area (Å²) in [7, 11) is 0. The monoisotopic (exact) mass is 364 g/mol. The van der Waals surface area contributed by atoms with E-state index in [1.807, 2.05) is 43.3 Å². The number of hydrogen-bond donors (Lipinski definition) is 1. The molecule has 4 nitrogen and oxygen atoms in total. The molecule has 0 radical (unpaired) electrons. The molecule has 2 aromatic carbocycles. The molecule has 0 heterocycles. The average Bonchev–Trinajstić information content (AvgIpc) is 3.50. The molecule has 0 aliphatic heterocycles. The summed E-state index contributed by atoms with van der Waals surface area (Å²) in [5.41, 5.74) is 4.11. The van der Waals surface area contributed by atoms with Crippen molar-refractivity contribution in [1.82, 2.24) is 0 Å². The summed E-state index contributed by atoms with van der Waals surface area (Å²) >= 11 is 0. The van der Waals surface area contributed by atoms with Gasteiger partial charge in [0, 0.05) is 17.9 Å². The van der Waals surface area contributed by atoms with E-state index in [1.165, 1.54) is 0 Å². The molecule has 1 aliphatic rings. The predicted molar refractivity (Wildman–Crippen MR) is 110 cm³/mol. The molecule has 0 spiro atoms. The van der Waals surface area contributed by atoms with Crippen molar-refractivity contribution in [1.29, 1.82) is 0 Å². The highest BCUT2D eigenvalue weighted by atomic mass is 16.2. The molecular formula is C23H28N2O2. The van der Waals surface area contributed by atoms with E-state index in [2.05, 4.69) is 31.3 Å². The second-order valence-electron chi connectivity index (χ2n) is 7.01. The van der Waals surface area contributed by atoms with Crippen LogP contribution in [0.5, 0.6) is 0 Å². The third kappa shape index (κ3) is 4.05. The largest absolute Gasteiger partial charge is 0.325 e. The summed E-state index contributed by atoms with van der Waals surface area (Å²) in [5, 5.41) is 3.11. The SMILES string of the molecule is CCc1cccc(CC)c1NC(=O)C1CC1C(=O)N(CC)c1ccccc1. The molecule has 1 aliphatic carbocycles. The smallest absolute Gasteiger partial charge is 0.230 e. The highest BCUT2D eigenvalue weighted by Crippen LogP contribution is 2.42. The van der Waals surface area contributed by atoms with Gasteiger partial charge in [-0.05, 0) is 49.4 Å². The van der Waals surface area contributed by atoms with E-state index >= 15 is 0 Å². The van der Waals surface area contributed by atoms with Crippen LogP contribution in [0.1, 0.15) is 38.3 Å². The first-order chi connectivity index (χ1) is 13.1. The summed E-state index contributed by atoms with van der Waals surface area (Å²) < 4.78 is 0. The lowest BCUT2D eigenvalue weighted by Crippen LogP contribution is -2.33. The van der Waals surface area contributed by atoms with Crippen LogP contribution in [0.4, 0.5) is 11.4 Å². The highest BCUT2D eigenvalue weighted by molar-refractivity contribution is 6.04. The van der Waals surface area contributed by atoms with Crippen LogP contribution >= 0.6 is 0 Å². The Labute approximate surface area is 161 Å². The lowest BCUT2D eigenvalue weighted by atomic mass is 10.0. The fourth-order valence-corrected chi connectivity index (χ4v) is 3.65. The number of aryl methyl sites for hydroxylation is 2. The van der Waals surface area contributed by atoms with E-state index in [0.29, 0.717) is 13.0 Å². The summed E-state index contributed by atoms with van der Waals surface area (Å²) in [5.74, 6) is -0.440. The number of carbonyl (C=O) groups excluding carboxylic acids is 2. The minimum atomic E-state index is -0.232. The van der Waals surface area contributed by atoms with Crippen LogP contribution in [-0.2, 0) is 22.4 Å². The quantitative estimate of drug-likeness (QED) is 0.790. The third-order valence-corrected chi connectivity index (χ3v) is 5.34. The van der Waals surface area contributed by atoms with Crippen LogP contribution in [0.3, 0.4) is 0 Å². The first kappa shape index (κ1) is 19.2. The van der Waals surface area contributed by atoms with Crippen molar-refractivity contribution in [2.24, 2.45) is 11.8 Å². The van der Waals surface area contributed by atoms with E-state index in [4.69, 9.17) is 0 Å². The average molecular weight is 364 g/mol. The zero-order valence-corrected chi connectivity index (χ0v) is 16.4. The number of rotatable bonds is 7. The molecule has 0 bridgehead atoms. The minimum Gasteiger partial charge on any atom is -0.325 e. The van der Waals surface area contributed by atoms with Crippen LogP contribution in [0.25, 0.3) is 0 Å². The van der Waals surface area contributed by atoms with Crippen molar-refractivity contribution >= 4 is 23.2 Å². The van der Waals surface area contributed by atoms with Gasteiger partial charge in [-0.25, -0.2) is 0 Å². The van der Waals surface area contributed by atoms with Gasteiger partial charge in [0.2, 0.25) is 11.8 Å². The standard InChI is InChI=1S/C23H28N2O2/c1-4-16-11-10-12-17(5-2)21(16)24-22(26)19-15-20(19)23(27)25(6-3)18-13-8-7-9-14-18/h7-14,19-20H,4-6,15H2,1-3H3,(H,24,26). The molecule has 2 aromatic rings. The third-order valence-electron chi connectivity index (χ3n) is 5.34. The van der Waals surface area contributed by atoms with Crippen molar-refractivity contribution in [2.45, 2.75) is 40.0 Å². The Morgan fingerprint density at radius 3 is 2.11 bits per heavy atom. The number of nitrogens with one attached hydrogen (secondary N) is 1. The topological polar surface area (TPSA) is 49.4 Å². The van der Waals surface area contributed by atoms with Gasteiger partial charge in [0.25, 0.3) is 0 Å². The van der Waals surface area contributed by atoms with Crippen LogP contribution in [0, 0.1) is 11.8 Å². The van der Waals surface area contributed by atoms with Crippen molar-refractivity contribution in [3.8, 4) is 0 Å². The summed E-state index contributed by atoms with van der Waals surface area (Å²) in [6, 6.07) is 15.8. The fourth-order valence-electron chi connectivity index (χ4n) is 3.65. The first-order valence-electron chi connectivity index (χ1n) is 9.88. The van der Waals surface area contributed by atoms with Crippen LogP contribution in [0.2, 0.25) is 0 Å². The van der Waals surface area contributed by atoms with Gasteiger partial charge >= 0.3 is 0 Å². The minimum absolute atomic E-state index is 0.0342. The molecule has 0 aromatic heterocycles. The number of anilines is 2. The van der Waals surface area contributed by atoms with Crippen LogP contribution in [0.15, 0.2) is 48.5 Å². The first-order valence-corrected chi connectivity index (χ1v) is 9.88. The van der Waals surface area contributed by atoms with E-state index in [0.717, 1.165) is 35.3 Å². The van der Waals surface area contributed by atoms with Gasteiger partial charge in [-0.1, -0.05) is 50.2 Å². The van der Waals surface area contributed by atoms with Gasteiger partial charge in [-0.3, -0.25) is 9.59 Å². The van der Waals surface area contributed by atoms with Gasteiger partial charge in [0.05, 0.1) is 11.8 Å². The van der Waals surface area contributed by atoms with Crippen LogP contribution < -0.4 is 10.2 Å². The zero-order chi connectivity index (χ0) is 19.4. The Hall–Kier alpha value is -2.62. The predicted octanol–water partition coefficient (Wildman–Crippen LogP) is 4.44. The van der Waals surface area contributed by atoms with Crippen molar-refractivity contribution in [3.05, 3.63) is 59.7 Å². The zero-order valence-electron chi connectivity index (χ0n) is 16.4. The molecule has 27 heavy (non-hydrogen) atoms. The molecule has 0 saturated heterocycles. The van der Waals surface area contributed by atoms with Crippen molar-refractivity contribution < 1.29 is 9.59 Å². The Morgan fingerprint density at radius 1 is 0.926 bits per heavy atom. The van der Waals surface area contributed by atoms with Crippen molar-refractivity contribution in [2.75, 3.05) is 16.8 Å². The van der Waals surface area contributed by atoms with E-state index < -0.39 is 0 Å². The van der Waals surface area contributed by atoms with E-state index in [-0.39, 0.29) is 23.7 Å². The van der Waals surface area contributed by atoms with Crippen molar-refractivity contribution in [3.63, 3.8) is 0 Å². The normalized spacial score (nSPS) is 18.0.